The van der Waals surface area contributed by atoms with Gasteiger partial charge >= 0.3 is 0 Å². The van der Waals surface area contributed by atoms with Gasteiger partial charge in [0.25, 0.3) is 0 Å². The SMILES string of the molecule is C/C=C1\C(=C/CC)NC(C)=NC1(C)C.CC.CC.CC. The Hall–Kier alpha value is -1.05. The minimum atomic E-state index is -0.0922. The lowest BCUT2D eigenvalue weighted by molar-refractivity contribution is 0.593. The van der Waals surface area contributed by atoms with Gasteiger partial charge in [-0.3, -0.25) is 4.99 Å². The summed E-state index contributed by atoms with van der Waals surface area (Å²) in [6, 6.07) is 0. The second-order valence-electron chi connectivity index (χ2n) is 4.11. The van der Waals surface area contributed by atoms with Gasteiger partial charge in [-0.15, -0.1) is 0 Å². The quantitative estimate of drug-likeness (QED) is 0.617. The molecule has 0 fully saturated rings. The van der Waals surface area contributed by atoms with Crippen LogP contribution in [0.3, 0.4) is 0 Å². The molecule has 0 unspecified atom stereocenters. The molecule has 1 rings (SSSR count). The molecule has 0 aromatic carbocycles. The van der Waals surface area contributed by atoms with E-state index in [-0.39, 0.29) is 5.54 Å². The lowest BCUT2D eigenvalue weighted by atomic mass is 9.89. The fraction of sp³-hybridized carbons (Fsp3) is 0.722. The number of amidine groups is 1. The molecule has 0 saturated carbocycles. The van der Waals surface area contributed by atoms with Crippen LogP contribution < -0.4 is 5.32 Å². The molecule has 0 saturated heterocycles. The fourth-order valence-corrected chi connectivity index (χ4v) is 1.97. The van der Waals surface area contributed by atoms with Gasteiger partial charge in [0, 0.05) is 5.70 Å². The van der Waals surface area contributed by atoms with Crippen LogP contribution in [0.5, 0.6) is 0 Å². The van der Waals surface area contributed by atoms with Crippen LogP contribution in [-0.4, -0.2) is 11.4 Å². The second kappa shape index (κ2) is 14.4. The van der Waals surface area contributed by atoms with Gasteiger partial charge in [-0.05, 0) is 39.7 Å². The van der Waals surface area contributed by atoms with Crippen LogP contribution in [-0.2, 0) is 0 Å². The van der Waals surface area contributed by atoms with E-state index in [0.29, 0.717) is 0 Å². The van der Waals surface area contributed by atoms with Crippen molar-refractivity contribution in [2.75, 3.05) is 0 Å². The van der Waals surface area contributed by atoms with Gasteiger partial charge in [0.15, 0.2) is 0 Å². The van der Waals surface area contributed by atoms with E-state index in [2.05, 4.69) is 50.2 Å². The van der Waals surface area contributed by atoms with E-state index in [1.54, 1.807) is 0 Å². The number of nitrogens with one attached hydrogen (secondary N) is 1. The van der Waals surface area contributed by atoms with Crippen LogP contribution in [0, 0.1) is 0 Å². The van der Waals surface area contributed by atoms with Crippen LogP contribution >= 0.6 is 0 Å². The largest absolute Gasteiger partial charge is 0.344 e. The standard InChI is InChI=1S/C12H20N2.3C2H6/c1-6-8-11-10(7-2)12(4,5)14-9(3)13-11;3*1-2/h7-8H,6H2,1-5H3,(H,13,14);3*1-2H3/b10-7+,11-8+;;;. The minimum Gasteiger partial charge on any atom is -0.344 e. The summed E-state index contributed by atoms with van der Waals surface area (Å²) in [5.41, 5.74) is 2.41. The molecule has 1 heterocycles. The van der Waals surface area contributed by atoms with Crippen molar-refractivity contribution >= 4 is 5.84 Å². The van der Waals surface area contributed by atoms with E-state index < -0.39 is 0 Å². The molecule has 1 aliphatic rings. The average Bonchev–Trinajstić information content (AvgIpc) is 2.44. The molecule has 2 heteroatoms. The molecule has 0 amide bonds. The van der Waals surface area contributed by atoms with E-state index >= 15 is 0 Å². The van der Waals surface area contributed by atoms with Crippen molar-refractivity contribution in [2.45, 2.75) is 88.1 Å². The topological polar surface area (TPSA) is 24.4 Å². The van der Waals surface area contributed by atoms with Crippen molar-refractivity contribution in [1.29, 1.82) is 0 Å². The van der Waals surface area contributed by atoms with Crippen molar-refractivity contribution in [3.63, 3.8) is 0 Å². The predicted molar refractivity (Wildman–Crippen MR) is 96.5 cm³/mol. The van der Waals surface area contributed by atoms with Gasteiger partial charge < -0.3 is 5.32 Å². The Balaban J connectivity index is -0.000000425. The molecule has 0 radical (unpaired) electrons. The molecule has 20 heavy (non-hydrogen) atoms. The minimum absolute atomic E-state index is 0.0922. The lowest BCUT2D eigenvalue weighted by Gasteiger charge is -2.32. The lowest BCUT2D eigenvalue weighted by Crippen LogP contribution is -2.37. The first-order chi connectivity index (χ1) is 9.51. The second-order valence-corrected chi connectivity index (χ2v) is 4.11. The van der Waals surface area contributed by atoms with Crippen molar-refractivity contribution in [1.82, 2.24) is 5.32 Å². The molecule has 0 bridgehead atoms. The first-order valence-electron chi connectivity index (χ1n) is 8.22. The maximum atomic E-state index is 4.60. The maximum Gasteiger partial charge on any atom is 0.0986 e. The first kappa shape index (κ1) is 24.0. The molecule has 0 aromatic heterocycles. The van der Waals surface area contributed by atoms with E-state index in [0.717, 1.165) is 12.3 Å². The van der Waals surface area contributed by atoms with Gasteiger partial charge in [0.2, 0.25) is 0 Å². The zero-order valence-corrected chi connectivity index (χ0v) is 15.8. The van der Waals surface area contributed by atoms with Gasteiger partial charge in [0.05, 0.1) is 11.4 Å². The first-order valence-corrected chi connectivity index (χ1v) is 8.22. The summed E-state index contributed by atoms with van der Waals surface area (Å²) in [7, 11) is 0. The predicted octanol–water partition coefficient (Wildman–Crippen LogP) is 6.11. The Morgan fingerprint density at radius 2 is 1.50 bits per heavy atom. The summed E-state index contributed by atoms with van der Waals surface area (Å²) in [6.45, 7) is 22.5. The molecule has 0 aromatic rings. The summed E-state index contributed by atoms with van der Waals surface area (Å²) < 4.78 is 0. The molecule has 2 nitrogen and oxygen atoms in total. The Kier molecular flexibility index (Phi) is 17.2. The average molecular weight is 283 g/mol. The summed E-state index contributed by atoms with van der Waals surface area (Å²) in [5, 5.41) is 3.32. The zero-order chi connectivity index (χ0) is 16.8. The molecule has 1 aliphatic heterocycles. The highest BCUT2D eigenvalue weighted by atomic mass is 15.1. The normalized spacial score (nSPS) is 19.2. The van der Waals surface area contributed by atoms with Crippen LogP contribution in [0.1, 0.15) is 82.6 Å². The van der Waals surface area contributed by atoms with Crippen molar-refractivity contribution in [3.8, 4) is 0 Å². The Labute approximate surface area is 128 Å². The number of aliphatic imine (C=N–C) groups is 1. The monoisotopic (exact) mass is 282 g/mol. The third kappa shape index (κ3) is 8.19. The molecule has 0 spiro atoms. The van der Waals surface area contributed by atoms with Gasteiger partial charge in [-0.2, -0.15) is 0 Å². The summed E-state index contributed by atoms with van der Waals surface area (Å²) in [5.74, 6) is 1.00. The van der Waals surface area contributed by atoms with Crippen LogP contribution in [0.15, 0.2) is 28.4 Å². The highest BCUT2D eigenvalue weighted by Gasteiger charge is 2.28. The summed E-state index contributed by atoms with van der Waals surface area (Å²) in [4.78, 5) is 4.60. The van der Waals surface area contributed by atoms with E-state index in [1.165, 1.54) is 11.3 Å². The molecule has 0 aliphatic carbocycles. The fourth-order valence-electron chi connectivity index (χ4n) is 1.97. The molecular formula is C18H38N2. The van der Waals surface area contributed by atoms with Gasteiger partial charge in [-0.25, -0.2) is 0 Å². The number of hydrogen-bond acceptors (Lipinski definition) is 2. The third-order valence-corrected chi connectivity index (χ3v) is 2.41. The van der Waals surface area contributed by atoms with Crippen molar-refractivity contribution in [3.05, 3.63) is 23.4 Å². The van der Waals surface area contributed by atoms with Crippen molar-refractivity contribution < 1.29 is 0 Å². The Morgan fingerprint density at radius 1 is 1.05 bits per heavy atom. The van der Waals surface area contributed by atoms with Crippen LogP contribution in [0.25, 0.3) is 0 Å². The summed E-state index contributed by atoms with van der Waals surface area (Å²) >= 11 is 0. The zero-order valence-electron chi connectivity index (χ0n) is 15.8. The highest BCUT2D eigenvalue weighted by molar-refractivity contribution is 5.84. The van der Waals surface area contributed by atoms with E-state index in [4.69, 9.17) is 0 Å². The number of hydrogen-bond donors (Lipinski definition) is 1. The van der Waals surface area contributed by atoms with E-state index in [1.807, 2.05) is 48.5 Å². The maximum absolute atomic E-state index is 4.60. The smallest absolute Gasteiger partial charge is 0.0986 e. The number of rotatable bonds is 1. The van der Waals surface area contributed by atoms with E-state index in [9.17, 15) is 0 Å². The summed E-state index contributed by atoms with van der Waals surface area (Å²) in [6.07, 6.45) is 5.41. The van der Waals surface area contributed by atoms with Gasteiger partial charge in [-0.1, -0.05) is 60.6 Å². The molecule has 1 N–H and O–H groups in total. The molecule has 120 valence electrons. The Bertz CT molecular complexity index is 307. The molecular weight excluding hydrogens is 244 g/mol. The van der Waals surface area contributed by atoms with Crippen molar-refractivity contribution in [2.24, 2.45) is 4.99 Å². The van der Waals surface area contributed by atoms with Crippen LogP contribution in [0.4, 0.5) is 0 Å². The number of allylic oxidation sites excluding steroid dienone is 2. The highest BCUT2D eigenvalue weighted by Crippen LogP contribution is 2.29. The molecule has 0 atom stereocenters. The number of nitrogens with zero attached hydrogens (tertiary/aromatic N) is 1. The van der Waals surface area contributed by atoms with Gasteiger partial charge in [0.1, 0.15) is 0 Å². The third-order valence-electron chi connectivity index (χ3n) is 2.41. The Morgan fingerprint density at radius 3 is 1.85 bits per heavy atom. The van der Waals surface area contributed by atoms with Crippen LogP contribution in [0.2, 0.25) is 0 Å².